The number of thiophene rings is 2. The van der Waals surface area contributed by atoms with Crippen molar-refractivity contribution in [3.05, 3.63) is 70.9 Å². The van der Waals surface area contributed by atoms with Gasteiger partial charge >= 0.3 is 0 Å². The summed E-state index contributed by atoms with van der Waals surface area (Å²) in [5, 5.41) is 17.9. The Bertz CT molecular complexity index is 1400. The summed E-state index contributed by atoms with van der Waals surface area (Å²) >= 11 is 5.88. The highest BCUT2D eigenvalue weighted by atomic mass is 32.2. The molecule has 32 heavy (non-hydrogen) atoms. The second kappa shape index (κ2) is 9.22. The van der Waals surface area contributed by atoms with Crippen molar-refractivity contribution in [3.8, 4) is 27.1 Å². The van der Waals surface area contributed by atoms with Crippen molar-refractivity contribution in [1.82, 2.24) is 9.97 Å². The minimum atomic E-state index is -0.182. The number of thioether (sulfide) groups is 1. The van der Waals surface area contributed by atoms with Crippen molar-refractivity contribution in [1.29, 1.82) is 5.26 Å². The number of fused-ring (bicyclic) bond motifs is 1. The van der Waals surface area contributed by atoms with E-state index in [1.54, 1.807) is 22.7 Å². The third-order valence-corrected chi connectivity index (χ3v) is 8.26. The zero-order valence-electron chi connectivity index (χ0n) is 16.4. The number of nitrogens with one attached hydrogen (secondary N) is 1. The molecular formula is C23H14N4OS4. The molecule has 1 N–H and O–H groups in total. The van der Waals surface area contributed by atoms with Crippen LogP contribution in [0.1, 0.15) is 5.56 Å². The van der Waals surface area contributed by atoms with E-state index in [2.05, 4.69) is 16.4 Å². The summed E-state index contributed by atoms with van der Waals surface area (Å²) in [7, 11) is 0. The Balaban J connectivity index is 1.42. The van der Waals surface area contributed by atoms with Crippen LogP contribution in [0.5, 0.6) is 0 Å². The summed E-state index contributed by atoms with van der Waals surface area (Å²) in [5.74, 6) is -0.0472. The summed E-state index contributed by atoms with van der Waals surface area (Å²) < 4.78 is 1.02. The molecule has 0 aliphatic heterocycles. The molecule has 0 atom stereocenters. The van der Waals surface area contributed by atoms with Gasteiger partial charge in [0.2, 0.25) is 5.91 Å². The first-order valence-corrected chi connectivity index (χ1v) is 13.1. The average molecular weight is 491 g/mol. The molecule has 0 radical (unpaired) electrons. The van der Waals surface area contributed by atoms with Gasteiger partial charge in [-0.2, -0.15) is 5.26 Å². The lowest BCUT2D eigenvalue weighted by Gasteiger charge is -2.10. The normalized spacial score (nSPS) is 10.8. The molecule has 1 aromatic carbocycles. The Labute approximate surface area is 200 Å². The average Bonchev–Trinajstić information content (AvgIpc) is 3.58. The summed E-state index contributed by atoms with van der Waals surface area (Å²) in [6, 6.07) is 20.0. The molecule has 4 aromatic heterocycles. The molecule has 9 heteroatoms. The number of anilines is 1. The van der Waals surface area contributed by atoms with Crippen molar-refractivity contribution < 1.29 is 4.79 Å². The van der Waals surface area contributed by atoms with Crippen molar-refractivity contribution in [2.24, 2.45) is 0 Å². The third kappa shape index (κ3) is 4.31. The maximum atomic E-state index is 12.6. The predicted molar refractivity (Wildman–Crippen MR) is 135 cm³/mol. The molecule has 5 nitrogen and oxygen atoms in total. The number of pyridine rings is 1. The maximum Gasteiger partial charge on any atom is 0.236 e. The molecule has 0 aliphatic carbocycles. The van der Waals surface area contributed by atoms with Crippen molar-refractivity contribution in [2.45, 2.75) is 5.03 Å². The lowest BCUT2D eigenvalue weighted by Crippen LogP contribution is -2.14. The van der Waals surface area contributed by atoms with Crippen LogP contribution in [0.25, 0.3) is 31.2 Å². The van der Waals surface area contributed by atoms with Gasteiger partial charge in [-0.15, -0.1) is 22.7 Å². The summed E-state index contributed by atoms with van der Waals surface area (Å²) in [4.78, 5) is 23.8. The van der Waals surface area contributed by atoms with E-state index in [1.165, 1.54) is 23.1 Å². The minimum Gasteiger partial charge on any atom is -0.301 e. The number of rotatable bonds is 6. The summed E-state index contributed by atoms with van der Waals surface area (Å²) in [5.41, 5.74) is 3.00. The van der Waals surface area contributed by atoms with Crippen LogP contribution < -0.4 is 5.32 Å². The molecule has 5 aromatic rings. The van der Waals surface area contributed by atoms with Crippen LogP contribution in [0.4, 0.5) is 5.13 Å². The zero-order valence-corrected chi connectivity index (χ0v) is 19.7. The highest BCUT2D eigenvalue weighted by Crippen LogP contribution is 2.37. The number of aromatic nitrogens is 2. The number of amides is 1. The van der Waals surface area contributed by atoms with Gasteiger partial charge in [-0.3, -0.25) is 4.79 Å². The Morgan fingerprint density at radius 3 is 2.53 bits per heavy atom. The molecule has 0 spiro atoms. The number of para-hydroxylation sites is 1. The van der Waals surface area contributed by atoms with Crippen LogP contribution in [-0.4, -0.2) is 21.6 Å². The van der Waals surface area contributed by atoms with Crippen molar-refractivity contribution >= 4 is 67.0 Å². The van der Waals surface area contributed by atoms with Gasteiger partial charge in [-0.05, 0) is 41.1 Å². The topological polar surface area (TPSA) is 78.7 Å². The standard InChI is InChI=1S/C23H14N4OS4/c24-12-15-14(18-7-3-9-29-18)11-17(19-8-4-10-30-19)25-22(15)31-13-21(28)27-23-26-16-5-1-2-6-20(16)32-23/h1-11H,13H2,(H,26,27,28). The van der Waals surface area contributed by atoms with E-state index in [0.29, 0.717) is 15.7 Å². The quantitative estimate of drug-likeness (QED) is 0.266. The molecule has 0 bridgehead atoms. The molecule has 156 valence electrons. The van der Waals surface area contributed by atoms with E-state index in [0.717, 1.165) is 31.2 Å². The molecular weight excluding hydrogens is 477 g/mol. The Kier molecular flexibility index (Phi) is 6.01. The van der Waals surface area contributed by atoms with Gasteiger partial charge in [0.15, 0.2) is 5.13 Å². The van der Waals surface area contributed by atoms with E-state index in [4.69, 9.17) is 4.98 Å². The first kappa shape index (κ1) is 20.8. The lowest BCUT2D eigenvalue weighted by molar-refractivity contribution is -0.113. The molecule has 0 unspecified atom stereocenters. The van der Waals surface area contributed by atoms with Crippen LogP contribution in [0.2, 0.25) is 0 Å². The molecule has 0 fully saturated rings. The third-order valence-electron chi connectivity index (χ3n) is 4.54. The minimum absolute atomic E-state index is 0.134. The molecule has 4 heterocycles. The van der Waals surface area contributed by atoms with Crippen LogP contribution in [0.3, 0.4) is 0 Å². The van der Waals surface area contributed by atoms with Crippen LogP contribution in [0, 0.1) is 11.3 Å². The molecule has 0 saturated heterocycles. The van der Waals surface area contributed by atoms with Crippen LogP contribution in [-0.2, 0) is 4.79 Å². The monoisotopic (exact) mass is 490 g/mol. The van der Waals surface area contributed by atoms with E-state index in [1.807, 2.05) is 65.4 Å². The van der Waals surface area contributed by atoms with Gasteiger partial charge in [0.05, 0.1) is 32.1 Å². The highest BCUT2D eigenvalue weighted by Gasteiger charge is 2.18. The number of hydrogen-bond donors (Lipinski definition) is 1. The molecule has 1 amide bonds. The highest BCUT2D eigenvalue weighted by molar-refractivity contribution is 8.00. The SMILES string of the molecule is N#Cc1c(-c2cccs2)cc(-c2cccs2)nc1SCC(=O)Nc1nc2ccccc2s1. The van der Waals surface area contributed by atoms with E-state index >= 15 is 0 Å². The molecule has 0 saturated carbocycles. The smallest absolute Gasteiger partial charge is 0.236 e. The van der Waals surface area contributed by atoms with Crippen molar-refractivity contribution in [3.63, 3.8) is 0 Å². The fourth-order valence-corrected chi connectivity index (χ4v) is 6.25. The fraction of sp³-hybridized carbons (Fsp3) is 0.0435. The largest absolute Gasteiger partial charge is 0.301 e. The van der Waals surface area contributed by atoms with Crippen LogP contribution >= 0.6 is 45.8 Å². The zero-order chi connectivity index (χ0) is 21.9. The van der Waals surface area contributed by atoms with Gasteiger partial charge in [0, 0.05) is 10.4 Å². The van der Waals surface area contributed by atoms with Gasteiger partial charge < -0.3 is 5.32 Å². The molecule has 5 rings (SSSR count). The number of hydrogen-bond acceptors (Lipinski definition) is 8. The molecule has 0 aliphatic rings. The lowest BCUT2D eigenvalue weighted by atomic mass is 10.1. The number of thiazole rings is 1. The second-order valence-corrected chi connectivity index (χ2v) is 10.5. The number of nitrogens with zero attached hydrogens (tertiary/aromatic N) is 3. The number of carbonyl (C=O) groups is 1. The number of carbonyl (C=O) groups excluding carboxylic acids is 1. The maximum absolute atomic E-state index is 12.6. The second-order valence-electron chi connectivity index (χ2n) is 6.63. The Morgan fingerprint density at radius 1 is 1.03 bits per heavy atom. The van der Waals surface area contributed by atoms with E-state index in [9.17, 15) is 10.1 Å². The fourth-order valence-electron chi connectivity index (χ4n) is 3.13. The first-order chi connectivity index (χ1) is 15.7. The van der Waals surface area contributed by atoms with Gasteiger partial charge in [-0.1, -0.05) is 47.4 Å². The van der Waals surface area contributed by atoms with Crippen molar-refractivity contribution in [2.75, 3.05) is 11.1 Å². The summed E-state index contributed by atoms with van der Waals surface area (Å²) in [6.45, 7) is 0. The predicted octanol–water partition coefficient (Wildman–Crippen LogP) is 6.75. The Hall–Kier alpha value is -3.03. The van der Waals surface area contributed by atoms with Gasteiger partial charge in [-0.25, -0.2) is 9.97 Å². The number of nitriles is 1. The first-order valence-electron chi connectivity index (χ1n) is 9.52. The van der Waals surface area contributed by atoms with E-state index < -0.39 is 0 Å². The van der Waals surface area contributed by atoms with E-state index in [-0.39, 0.29) is 11.7 Å². The number of benzene rings is 1. The Morgan fingerprint density at radius 2 is 1.81 bits per heavy atom. The summed E-state index contributed by atoms with van der Waals surface area (Å²) in [6.07, 6.45) is 0. The van der Waals surface area contributed by atoms with Gasteiger partial charge in [0.25, 0.3) is 0 Å². The van der Waals surface area contributed by atoms with Gasteiger partial charge in [0.1, 0.15) is 11.1 Å². The van der Waals surface area contributed by atoms with Crippen LogP contribution in [0.15, 0.2) is 70.4 Å².